The number of anilines is 1. The number of nitrogens with two attached hydrogens (primary N) is 1. The van der Waals surface area contributed by atoms with E-state index in [1.807, 2.05) is 6.07 Å². The summed E-state index contributed by atoms with van der Waals surface area (Å²) in [6.07, 6.45) is 4.19. The van der Waals surface area contributed by atoms with Crippen LogP contribution in [0.25, 0.3) is 11.1 Å². The van der Waals surface area contributed by atoms with E-state index in [4.69, 9.17) is 10.5 Å². The molecule has 2 heterocycles. The summed E-state index contributed by atoms with van der Waals surface area (Å²) in [4.78, 5) is 28.0. The lowest BCUT2D eigenvalue weighted by molar-refractivity contribution is 0.0999. The number of pyridine rings is 1. The van der Waals surface area contributed by atoms with Gasteiger partial charge in [0.1, 0.15) is 17.5 Å². The molecule has 38 heavy (non-hydrogen) atoms. The van der Waals surface area contributed by atoms with Gasteiger partial charge in [-0.15, -0.1) is 0 Å². The molecule has 2 aromatic carbocycles. The molecule has 196 valence electrons. The number of rotatable bonds is 5. The zero-order chi connectivity index (χ0) is 27.0. The summed E-state index contributed by atoms with van der Waals surface area (Å²) in [6, 6.07) is 10.7. The van der Waals surface area contributed by atoms with Crippen LogP contribution in [0.4, 0.5) is 14.5 Å². The van der Waals surface area contributed by atoms with Crippen molar-refractivity contribution in [2.45, 2.75) is 44.6 Å². The Labute approximate surface area is 219 Å². The van der Waals surface area contributed by atoms with Crippen molar-refractivity contribution in [2.24, 2.45) is 12.8 Å². The van der Waals surface area contributed by atoms with Crippen molar-refractivity contribution in [1.29, 1.82) is 5.26 Å². The molecule has 0 radical (unpaired) electrons. The molecule has 9 heteroatoms. The third kappa shape index (κ3) is 4.62. The Morgan fingerprint density at radius 3 is 2.53 bits per heavy atom. The van der Waals surface area contributed by atoms with Gasteiger partial charge in [-0.2, -0.15) is 5.26 Å². The van der Waals surface area contributed by atoms with Crippen LogP contribution < -0.4 is 20.9 Å². The minimum Gasteiger partial charge on any atom is -0.487 e. The molecule has 1 aliphatic heterocycles. The van der Waals surface area contributed by atoms with E-state index in [9.17, 15) is 23.6 Å². The molecule has 3 aromatic rings. The maximum Gasteiger partial charge on any atom is 0.263 e. The minimum absolute atomic E-state index is 0.0155. The van der Waals surface area contributed by atoms with Gasteiger partial charge < -0.3 is 19.9 Å². The number of piperidine rings is 1. The number of hydrogen-bond donors (Lipinski definition) is 1. The maximum absolute atomic E-state index is 14.1. The zero-order valence-corrected chi connectivity index (χ0v) is 21.1. The number of fused-ring (bicyclic) bond motifs is 1. The van der Waals surface area contributed by atoms with E-state index in [-0.39, 0.29) is 17.4 Å². The number of primary amides is 1. The van der Waals surface area contributed by atoms with Crippen molar-refractivity contribution in [3.05, 3.63) is 80.8 Å². The van der Waals surface area contributed by atoms with Crippen LogP contribution in [0.2, 0.25) is 0 Å². The lowest BCUT2D eigenvalue weighted by atomic mass is 9.84. The molecule has 2 N–H and O–H groups in total. The molecule has 5 rings (SSSR count). The number of amides is 1. The summed E-state index contributed by atoms with van der Waals surface area (Å²) in [5.41, 5.74) is 9.45. The lowest BCUT2D eigenvalue weighted by Crippen LogP contribution is -2.39. The highest BCUT2D eigenvalue weighted by Gasteiger charge is 2.30. The molecule has 0 bridgehead atoms. The SMILES string of the molecule is Cn1c2c(c(-c3cc(C#N)ccc3N3CCC(Oc4ccc(F)cc4F)CC3)c(C(N)=O)c1=O)CCCC2. The van der Waals surface area contributed by atoms with Crippen LogP contribution in [0.3, 0.4) is 0 Å². The Morgan fingerprint density at radius 1 is 1.11 bits per heavy atom. The van der Waals surface area contributed by atoms with Crippen molar-refractivity contribution in [1.82, 2.24) is 4.57 Å². The highest BCUT2D eigenvalue weighted by atomic mass is 19.1. The van der Waals surface area contributed by atoms with Crippen molar-refractivity contribution in [3.8, 4) is 22.9 Å². The highest BCUT2D eigenvalue weighted by Crippen LogP contribution is 2.40. The summed E-state index contributed by atoms with van der Waals surface area (Å²) in [5, 5.41) is 9.65. The van der Waals surface area contributed by atoms with Gasteiger partial charge in [0, 0.05) is 61.6 Å². The van der Waals surface area contributed by atoms with Crippen LogP contribution in [0.1, 0.15) is 52.9 Å². The number of halogens is 2. The first-order valence-corrected chi connectivity index (χ1v) is 12.7. The molecule has 7 nitrogen and oxygen atoms in total. The van der Waals surface area contributed by atoms with Gasteiger partial charge in [0.2, 0.25) is 0 Å². The van der Waals surface area contributed by atoms with E-state index in [0.717, 1.165) is 48.3 Å². The summed E-state index contributed by atoms with van der Waals surface area (Å²) in [6.45, 7) is 1.12. The number of carbonyl (C=O) groups is 1. The fourth-order valence-corrected chi connectivity index (χ4v) is 5.65. The van der Waals surface area contributed by atoms with Gasteiger partial charge in [0.15, 0.2) is 11.6 Å². The fourth-order valence-electron chi connectivity index (χ4n) is 5.65. The number of hydrogen-bond acceptors (Lipinski definition) is 5. The van der Waals surface area contributed by atoms with E-state index in [1.165, 1.54) is 10.6 Å². The van der Waals surface area contributed by atoms with Gasteiger partial charge in [0.25, 0.3) is 11.5 Å². The largest absolute Gasteiger partial charge is 0.487 e. The second-order valence-corrected chi connectivity index (χ2v) is 9.83. The van der Waals surface area contributed by atoms with Gasteiger partial charge in [-0.1, -0.05) is 0 Å². The first-order chi connectivity index (χ1) is 18.3. The second-order valence-electron chi connectivity index (χ2n) is 9.83. The van der Waals surface area contributed by atoms with Crippen LogP contribution >= 0.6 is 0 Å². The zero-order valence-electron chi connectivity index (χ0n) is 21.1. The molecular weight excluding hydrogens is 490 g/mol. The monoisotopic (exact) mass is 518 g/mol. The van der Waals surface area contributed by atoms with Crippen LogP contribution in [0.5, 0.6) is 5.75 Å². The number of nitriles is 1. The van der Waals surface area contributed by atoms with E-state index in [1.54, 1.807) is 19.2 Å². The molecule has 1 amide bonds. The Kier molecular flexibility index (Phi) is 6.89. The summed E-state index contributed by atoms with van der Waals surface area (Å²) in [5.74, 6) is -2.18. The van der Waals surface area contributed by atoms with E-state index >= 15 is 0 Å². The van der Waals surface area contributed by atoms with Gasteiger partial charge in [-0.05, 0) is 61.6 Å². The van der Waals surface area contributed by atoms with E-state index in [0.29, 0.717) is 49.0 Å². The standard InChI is InChI=1S/C29H28F2N4O3/c1-34-23-5-3-2-4-20(23)26(27(28(33)36)29(34)37)21-14-17(16-32)6-8-24(21)35-12-10-19(11-13-35)38-25-9-7-18(30)15-22(25)31/h6-9,14-15,19H,2-5,10-13H2,1H3,(H2,33,36). The Balaban J connectivity index is 1.53. The number of aromatic nitrogens is 1. The lowest BCUT2D eigenvalue weighted by Gasteiger charge is -2.35. The molecule has 1 aromatic heterocycles. The average Bonchev–Trinajstić information content (AvgIpc) is 2.92. The molecule has 1 fully saturated rings. The molecule has 1 saturated heterocycles. The van der Waals surface area contributed by atoms with Gasteiger partial charge >= 0.3 is 0 Å². The molecule has 0 saturated carbocycles. The summed E-state index contributed by atoms with van der Waals surface area (Å²) in [7, 11) is 1.67. The minimum atomic E-state index is -0.796. The predicted octanol–water partition coefficient (Wildman–Crippen LogP) is 4.23. The van der Waals surface area contributed by atoms with Crippen molar-refractivity contribution in [2.75, 3.05) is 18.0 Å². The predicted molar refractivity (Wildman–Crippen MR) is 139 cm³/mol. The quantitative estimate of drug-likeness (QED) is 0.545. The Morgan fingerprint density at radius 2 is 1.84 bits per heavy atom. The number of ether oxygens (including phenoxy) is 1. The Hall–Kier alpha value is -4.19. The van der Waals surface area contributed by atoms with Gasteiger partial charge in [-0.25, -0.2) is 8.78 Å². The molecule has 0 unspecified atom stereocenters. The van der Waals surface area contributed by atoms with Crippen molar-refractivity contribution < 1.29 is 18.3 Å². The normalized spacial score (nSPS) is 15.6. The van der Waals surface area contributed by atoms with Gasteiger partial charge in [-0.3, -0.25) is 9.59 Å². The molecule has 0 spiro atoms. The Bertz CT molecular complexity index is 1520. The van der Waals surface area contributed by atoms with Crippen molar-refractivity contribution in [3.63, 3.8) is 0 Å². The number of carbonyl (C=O) groups excluding carboxylic acids is 1. The average molecular weight is 519 g/mol. The summed E-state index contributed by atoms with van der Waals surface area (Å²) >= 11 is 0. The van der Waals surface area contributed by atoms with Crippen LogP contribution in [-0.4, -0.2) is 29.7 Å². The first kappa shape index (κ1) is 25.5. The first-order valence-electron chi connectivity index (χ1n) is 12.7. The third-order valence-electron chi connectivity index (χ3n) is 7.53. The van der Waals surface area contributed by atoms with Gasteiger partial charge in [0.05, 0.1) is 11.6 Å². The number of benzene rings is 2. The van der Waals surface area contributed by atoms with Crippen LogP contribution in [-0.2, 0) is 19.9 Å². The van der Waals surface area contributed by atoms with Crippen LogP contribution in [0, 0.1) is 23.0 Å². The fraction of sp³-hybridized carbons (Fsp3) is 0.345. The van der Waals surface area contributed by atoms with E-state index < -0.39 is 23.1 Å². The highest BCUT2D eigenvalue weighted by molar-refractivity contribution is 6.02. The maximum atomic E-state index is 14.1. The third-order valence-corrected chi connectivity index (χ3v) is 7.53. The van der Waals surface area contributed by atoms with Crippen LogP contribution in [0.15, 0.2) is 41.2 Å². The topological polar surface area (TPSA) is 101 Å². The molecule has 1 aliphatic carbocycles. The van der Waals surface area contributed by atoms with Crippen molar-refractivity contribution >= 4 is 11.6 Å². The molecule has 2 aliphatic rings. The number of nitrogens with zero attached hydrogens (tertiary/aromatic N) is 3. The molecule has 0 atom stereocenters. The second kappa shape index (κ2) is 10.3. The molecular formula is C29H28F2N4O3. The summed E-state index contributed by atoms with van der Waals surface area (Å²) < 4.78 is 34.7. The van der Waals surface area contributed by atoms with E-state index in [2.05, 4.69) is 11.0 Å². The smallest absolute Gasteiger partial charge is 0.263 e.